The van der Waals surface area contributed by atoms with E-state index in [1.165, 1.54) is 0 Å². The van der Waals surface area contributed by atoms with Crippen LogP contribution in [0.2, 0.25) is 0 Å². The van der Waals surface area contributed by atoms with Crippen molar-refractivity contribution in [3.05, 3.63) is 77.4 Å². The molecule has 0 saturated carbocycles. The predicted molar refractivity (Wildman–Crippen MR) is 96.0 cm³/mol. The number of aryl methyl sites for hydroxylation is 1. The second kappa shape index (κ2) is 5.49. The van der Waals surface area contributed by atoms with E-state index in [1.807, 2.05) is 48.7 Å². The van der Waals surface area contributed by atoms with E-state index >= 15 is 0 Å². The van der Waals surface area contributed by atoms with Gasteiger partial charge in [0.25, 0.3) is 5.91 Å². The molecule has 0 radical (unpaired) electrons. The van der Waals surface area contributed by atoms with Crippen LogP contribution in [-0.4, -0.2) is 15.5 Å². The smallest absolute Gasteiger partial charge is 0.256 e. The van der Waals surface area contributed by atoms with Gasteiger partial charge in [-0.05, 0) is 49.8 Å². The summed E-state index contributed by atoms with van der Waals surface area (Å²) in [4.78, 5) is 16.5. The molecule has 0 spiro atoms. The number of hydrogen-bond donors (Lipinski definition) is 1. The second-order valence-corrected chi connectivity index (χ2v) is 5.93. The Hall–Kier alpha value is -3.14. The molecule has 24 heavy (non-hydrogen) atoms. The number of carbonyl (C=O) groups excluding carboxylic acids is 1. The van der Waals surface area contributed by atoms with Gasteiger partial charge in [0.15, 0.2) is 0 Å². The van der Waals surface area contributed by atoms with Crippen molar-refractivity contribution < 1.29 is 4.79 Å². The molecule has 1 amide bonds. The minimum absolute atomic E-state index is 0.0534. The quantitative estimate of drug-likeness (QED) is 0.727. The molecular formula is C20H17N3O. The maximum absolute atomic E-state index is 12.3. The van der Waals surface area contributed by atoms with Crippen LogP contribution >= 0.6 is 0 Å². The molecule has 4 nitrogen and oxygen atoms in total. The summed E-state index contributed by atoms with van der Waals surface area (Å²) in [5.41, 5.74) is 6.79. The minimum Gasteiger partial charge on any atom is -0.321 e. The lowest BCUT2D eigenvalue weighted by Gasteiger charge is -2.08. The van der Waals surface area contributed by atoms with Crippen LogP contribution in [0.3, 0.4) is 0 Å². The Morgan fingerprint density at radius 2 is 1.96 bits per heavy atom. The summed E-state index contributed by atoms with van der Waals surface area (Å²) in [5.74, 6) is -0.0534. The lowest BCUT2D eigenvalue weighted by Crippen LogP contribution is -2.03. The predicted octanol–water partition coefficient (Wildman–Crippen LogP) is 3.98. The zero-order valence-corrected chi connectivity index (χ0v) is 13.6. The van der Waals surface area contributed by atoms with Crippen molar-refractivity contribution >= 4 is 23.2 Å². The van der Waals surface area contributed by atoms with E-state index in [9.17, 15) is 4.79 Å². The minimum atomic E-state index is -0.0534. The number of pyridine rings is 1. The number of hydrogen-bond acceptors (Lipinski definition) is 2. The van der Waals surface area contributed by atoms with E-state index in [1.54, 1.807) is 6.20 Å². The zero-order valence-electron chi connectivity index (χ0n) is 13.6. The fraction of sp³-hybridized carbons (Fsp3) is 0.100. The molecule has 1 aromatic carbocycles. The van der Waals surface area contributed by atoms with Crippen molar-refractivity contribution in [1.82, 2.24) is 9.55 Å². The number of para-hydroxylation sites is 1. The highest BCUT2D eigenvalue weighted by Gasteiger charge is 2.24. The fourth-order valence-corrected chi connectivity index (χ4v) is 3.25. The van der Waals surface area contributed by atoms with Gasteiger partial charge < -0.3 is 9.88 Å². The van der Waals surface area contributed by atoms with Crippen LogP contribution in [0.25, 0.3) is 17.3 Å². The number of fused-ring (bicyclic) bond motifs is 1. The van der Waals surface area contributed by atoms with E-state index in [4.69, 9.17) is 0 Å². The van der Waals surface area contributed by atoms with E-state index < -0.39 is 0 Å². The first kappa shape index (κ1) is 14.5. The Kier molecular flexibility index (Phi) is 3.31. The van der Waals surface area contributed by atoms with Gasteiger partial charge in [-0.15, -0.1) is 0 Å². The highest BCUT2D eigenvalue weighted by Crippen LogP contribution is 2.34. The molecule has 1 N–H and O–H groups in total. The SMILES string of the molecule is Cc1cc(/C=C2\C(=O)Nc3ccccc32)c(C)n1-c1cccnc1. The topological polar surface area (TPSA) is 46.9 Å². The Bertz CT molecular complexity index is 968. The first-order valence-corrected chi connectivity index (χ1v) is 7.87. The number of anilines is 1. The first-order chi connectivity index (χ1) is 11.6. The average Bonchev–Trinajstić information content (AvgIpc) is 3.05. The highest BCUT2D eigenvalue weighted by molar-refractivity contribution is 6.34. The van der Waals surface area contributed by atoms with Crippen LogP contribution in [0.15, 0.2) is 54.9 Å². The summed E-state index contributed by atoms with van der Waals surface area (Å²) >= 11 is 0. The van der Waals surface area contributed by atoms with Crippen molar-refractivity contribution in [2.24, 2.45) is 0 Å². The number of rotatable bonds is 2. The number of nitrogens with zero attached hydrogens (tertiary/aromatic N) is 2. The van der Waals surface area contributed by atoms with E-state index in [-0.39, 0.29) is 5.91 Å². The number of aromatic nitrogens is 2. The molecule has 1 aliphatic heterocycles. The number of nitrogens with one attached hydrogen (secondary N) is 1. The summed E-state index contributed by atoms with van der Waals surface area (Å²) in [6.45, 7) is 4.12. The molecular weight excluding hydrogens is 298 g/mol. The van der Waals surface area contributed by atoms with Gasteiger partial charge in [-0.2, -0.15) is 0 Å². The van der Waals surface area contributed by atoms with Crippen molar-refractivity contribution in [3.8, 4) is 5.69 Å². The van der Waals surface area contributed by atoms with Crippen LogP contribution < -0.4 is 5.32 Å². The van der Waals surface area contributed by atoms with E-state index in [0.29, 0.717) is 5.57 Å². The molecule has 4 rings (SSSR count). The number of amides is 1. The summed E-state index contributed by atoms with van der Waals surface area (Å²) in [6, 6.07) is 13.8. The van der Waals surface area contributed by atoms with Gasteiger partial charge in [0.1, 0.15) is 0 Å². The average molecular weight is 315 g/mol. The largest absolute Gasteiger partial charge is 0.321 e. The third kappa shape index (κ3) is 2.24. The lowest BCUT2D eigenvalue weighted by atomic mass is 10.0. The normalized spacial score (nSPS) is 14.8. The monoisotopic (exact) mass is 315 g/mol. The Morgan fingerprint density at radius 1 is 1.12 bits per heavy atom. The van der Waals surface area contributed by atoms with Gasteiger partial charge in [-0.25, -0.2) is 0 Å². The number of carbonyl (C=O) groups is 1. The van der Waals surface area contributed by atoms with Crippen LogP contribution in [0.4, 0.5) is 5.69 Å². The number of benzene rings is 1. The second-order valence-electron chi connectivity index (χ2n) is 5.93. The molecule has 1 aliphatic rings. The summed E-state index contributed by atoms with van der Waals surface area (Å²) in [7, 11) is 0. The molecule has 2 aromatic heterocycles. The molecule has 118 valence electrons. The van der Waals surface area contributed by atoms with Crippen LogP contribution in [0.5, 0.6) is 0 Å². The molecule has 0 saturated heterocycles. The van der Waals surface area contributed by atoms with Crippen molar-refractivity contribution in [3.63, 3.8) is 0 Å². The van der Waals surface area contributed by atoms with Crippen LogP contribution in [0.1, 0.15) is 22.5 Å². The Labute approximate surface area is 140 Å². The summed E-state index contributed by atoms with van der Waals surface area (Å²) in [5, 5.41) is 2.92. The van der Waals surface area contributed by atoms with E-state index in [0.717, 1.165) is 33.9 Å². The van der Waals surface area contributed by atoms with Crippen molar-refractivity contribution in [2.75, 3.05) is 5.32 Å². The molecule has 3 heterocycles. The molecule has 3 aromatic rings. The van der Waals surface area contributed by atoms with Gasteiger partial charge >= 0.3 is 0 Å². The van der Waals surface area contributed by atoms with Gasteiger partial charge in [0.2, 0.25) is 0 Å². The lowest BCUT2D eigenvalue weighted by molar-refractivity contribution is -0.110. The molecule has 0 bridgehead atoms. The third-order valence-electron chi connectivity index (χ3n) is 4.38. The maximum atomic E-state index is 12.3. The Balaban J connectivity index is 1.84. The highest BCUT2D eigenvalue weighted by atomic mass is 16.2. The molecule has 4 heteroatoms. The van der Waals surface area contributed by atoms with Gasteiger partial charge in [0.05, 0.1) is 11.9 Å². The van der Waals surface area contributed by atoms with Gasteiger partial charge in [0, 0.05) is 34.4 Å². The fourth-order valence-electron chi connectivity index (χ4n) is 3.25. The maximum Gasteiger partial charge on any atom is 0.256 e. The molecule has 0 aliphatic carbocycles. The Morgan fingerprint density at radius 3 is 2.75 bits per heavy atom. The van der Waals surface area contributed by atoms with Crippen molar-refractivity contribution in [1.29, 1.82) is 0 Å². The first-order valence-electron chi connectivity index (χ1n) is 7.87. The van der Waals surface area contributed by atoms with Crippen LogP contribution in [-0.2, 0) is 4.79 Å². The standard InChI is InChI=1S/C20H17N3O/c1-13-10-15(14(2)23(13)16-6-5-9-21-12-16)11-18-17-7-3-4-8-19(17)22-20(18)24/h3-12H,1-2H3,(H,22,24)/b18-11-. The third-order valence-corrected chi connectivity index (χ3v) is 4.38. The summed E-state index contributed by atoms with van der Waals surface area (Å²) in [6.07, 6.45) is 5.57. The molecule has 0 atom stereocenters. The van der Waals surface area contributed by atoms with Crippen LogP contribution in [0, 0.1) is 13.8 Å². The van der Waals surface area contributed by atoms with E-state index in [2.05, 4.69) is 34.8 Å². The zero-order chi connectivity index (χ0) is 16.7. The summed E-state index contributed by atoms with van der Waals surface area (Å²) < 4.78 is 2.15. The molecule has 0 unspecified atom stereocenters. The van der Waals surface area contributed by atoms with Crippen molar-refractivity contribution in [2.45, 2.75) is 13.8 Å². The van der Waals surface area contributed by atoms with Gasteiger partial charge in [-0.1, -0.05) is 18.2 Å². The van der Waals surface area contributed by atoms with Gasteiger partial charge in [-0.3, -0.25) is 9.78 Å². The molecule has 0 fully saturated rings.